The number of primary amides is 2. The molecule has 0 aliphatic carbocycles. The molecule has 2 fully saturated rings. The summed E-state index contributed by atoms with van der Waals surface area (Å²) in [5.41, 5.74) is 22.8. The lowest BCUT2D eigenvalue weighted by molar-refractivity contribution is -0.142. The van der Waals surface area contributed by atoms with Crippen molar-refractivity contribution in [2.45, 2.75) is 108 Å². The quantitative estimate of drug-likeness (QED) is 0.0326. The molecule has 0 bridgehead atoms. The topological polar surface area (TPSA) is 395 Å². The minimum Gasteiger partial charge on any atom is -0.508 e. The van der Waals surface area contributed by atoms with Gasteiger partial charge >= 0.3 is 0 Å². The lowest BCUT2D eigenvalue weighted by atomic mass is 9.99. The van der Waals surface area contributed by atoms with Crippen LogP contribution in [-0.2, 0) is 60.8 Å². The second-order valence-electron chi connectivity index (χ2n) is 17.5. The third-order valence-electron chi connectivity index (χ3n) is 11.4. The van der Waals surface area contributed by atoms with E-state index >= 15 is 0 Å². The van der Waals surface area contributed by atoms with Crippen LogP contribution in [0.3, 0.4) is 0 Å². The minimum atomic E-state index is -1.66. The van der Waals surface area contributed by atoms with Crippen molar-refractivity contribution in [3.05, 3.63) is 65.7 Å². The van der Waals surface area contributed by atoms with Crippen molar-refractivity contribution in [2.24, 2.45) is 33.8 Å². The molecule has 0 spiro atoms. The van der Waals surface area contributed by atoms with Crippen molar-refractivity contribution in [1.82, 2.24) is 42.1 Å². The number of aromatic hydroxyl groups is 1. The highest BCUT2D eigenvalue weighted by atomic mass is 33.1. The molecule has 2 aliphatic heterocycles. The number of likely N-dealkylation sites (tertiary alicyclic amines) is 1. The van der Waals surface area contributed by atoms with Gasteiger partial charge in [0.25, 0.3) is 0 Å². The van der Waals surface area contributed by atoms with Gasteiger partial charge in [-0.2, -0.15) is 0 Å². The summed E-state index contributed by atoms with van der Waals surface area (Å²) < 4.78 is 0. The number of aliphatic imine (C=N–C) groups is 1. The van der Waals surface area contributed by atoms with Crippen LogP contribution in [0.1, 0.15) is 63.5 Å². The van der Waals surface area contributed by atoms with Crippen molar-refractivity contribution in [3.63, 3.8) is 0 Å². The van der Waals surface area contributed by atoms with Crippen LogP contribution in [0.5, 0.6) is 5.75 Å². The molecule has 26 heteroatoms. The van der Waals surface area contributed by atoms with Crippen LogP contribution >= 0.6 is 21.6 Å². The van der Waals surface area contributed by atoms with Crippen molar-refractivity contribution < 1.29 is 53.1 Å². The number of nitrogens with zero attached hydrogens (tertiary/aromatic N) is 2. The lowest BCUT2D eigenvalue weighted by Crippen LogP contribution is -2.61. The first-order valence-electron chi connectivity index (χ1n) is 23.3. The summed E-state index contributed by atoms with van der Waals surface area (Å²) in [5, 5.41) is 28.2. The van der Waals surface area contributed by atoms with E-state index in [1.54, 1.807) is 56.3 Å². The Labute approximate surface area is 424 Å². The van der Waals surface area contributed by atoms with Gasteiger partial charge in [-0.05, 0) is 54.9 Å². The Morgan fingerprint density at radius 2 is 1.40 bits per heavy atom. The Hall–Kier alpha value is -7.09. The Balaban J connectivity index is 1.66. The Kier molecular flexibility index (Phi) is 22.9. The predicted molar refractivity (Wildman–Crippen MR) is 269 cm³/mol. The van der Waals surface area contributed by atoms with Crippen LogP contribution in [0.4, 0.5) is 0 Å². The molecular formula is C46H65N13O11S2. The number of rotatable bonds is 17. The molecule has 2 aliphatic rings. The van der Waals surface area contributed by atoms with E-state index in [0.29, 0.717) is 17.5 Å². The van der Waals surface area contributed by atoms with Crippen molar-refractivity contribution in [2.75, 3.05) is 31.1 Å². The minimum absolute atomic E-state index is 0.0150. The predicted octanol–water partition coefficient (Wildman–Crippen LogP) is -2.95. The van der Waals surface area contributed by atoms with Gasteiger partial charge in [0.1, 0.15) is 48.0 Å². The maximum atomic E-state index is 14.5. The van der Waals surface area contributed by atoms with Crippen LogP contribution in [0.15, 0.2) is 59.6 Å². The lowest BCUT2D eigenvalue weighted by Gasteiger charge is -2.31. The van der Waals surface area contributed by atoms with Gasteiger partial charge in [0, 0.05) is 43.9 Å². The number of carbonyl (C=O) groups excluding carboxylic acids is 10. The molecule has 3 unspecified atom stereocenters. The molecule has 16 N–H and O–H groups in total. The molecule has 0 saturated carbocycles. The maximum absolute atomic E-state index is 14.5. The van der Waals surface area contributed by atoms with Crippen LogP contribution < -0.4 is 60.2 Å². The van der Waals surface area contributed by atoms with E-state index in [9.17, 15) is 53.1 Å². The number of hydrogen-bond acceptors (Lipinski definition) is 14. The Bertz CT molecular complexity index is 2290. The maximum Gasteiger partial charge on any atom is 0.246 e. The van der Waals surface area contributed by atoms with Crippen LogP contribution in [-0.4, -0.2) is 148 Å². The smallest absolute Gasteiger partial charge is 0.246 e. The van der Waals surface area contributed by atoms with Crippen LogP contribution in [0.2, 0.25) is 0 Å². The molecule has 10 amide bonds. The van der Waals surface area contributed by atoms with Crippen molar-refractivity contribution in [1.29, 1.82) is 0 Å². The zero-order chi connectivity index (χ0) is 52.9. The molecule has 392 valence electrons. The number of phenols is 1. The summed E-state index contributed by atoms with van der Waals surface area (Å²) >= 11 is 0. The first-order valence-corrected chi connectivity index (χ1v) is 25.8. The van der Waals surface area contributed by atoms with Crippen molar-refractivity contribution in [3.8, 4) is 5.75 Å². The third-order valence-corrected chi connectivity index (χ3v) is 13.8. The zero-order valence-corrected chi connectivity index (χ0v) is 41.7. The average molecular weight is 1040 g/mol. The summed E-state index contributed by atoms with van der Waals surface area (Å²) in [6.07, 6.45) is -0.110. The van der Waals surface area contributed by atoms with Gasteiger partial charge in [0.05, 0.1) is 13.0 Å². The number of nitrogens with two attached hydrogens (primary N) is 4. The number of nitrogens with one attached hydrogen (secondary N) is 7. The summed E-state index contributed by atoms with van der Waals surface area (Å²) in [7, 11) is 2.26. The molecule has 4 rings (SSSR count). The number of phenolic OH excluding ortho intramolecular Hbond substituents is 1. The first-order chi connectivity index (χ1) is 34.2. The SMILES string of the molecule is CC(C)C1NC(=O)[C@H](Cc2ccccc2)NC(=O)C(Cc2ccc(O)cc2)NC(=O)CCSSC[C@@H](C(=O)N2CCC[C@H]2C(=O)N[C@H](CCCN=C(N)N)C(=O)NCC(N)=O)NC(=O)C(CC(N)=O)NC1=O. The fraction of sp³-hybridized carbons (Fsp3) is 0.500. The molecule has 2 heterocycles. The molecular weight excluding hydrogens is 975 g/mol. The van der Waals surface area contributed by atoms with Crippen molar-refractivity contribution >= 4 is 86.6 Å². The summed E-state index contributed by atoms with van der Waals surface area (Å²) in [5.74, 6) is -8.72. The standard InChI is InChI=1S/C46H65N13O11S2/c1-25(2)38-44(69)56-32(22-35(47)61)41(66)57-33(45(70)59-18-7-11-34(59)43(68)54-29(10-6-17-51-46(49)50)39(64)52-23-36(48)62)24-72-71-19-16-37(63)53-30(21-27-12-14-28(60)15-13-27)40(65)55-31(42(67)58-38)20-26-8-4-3-5-9-26/h3-5,8-9,12-15,25,29-34,38,60H,6-7,10-11,16-24H2,1-2H3,(H2,47,61)(H2,48,62)(H,52,64)(H,53,63)(H,54,68)(H,55,65)(H,56,69)(H,57,66)(H,58,67)(H4,49,50,51)/t29-,30?,31+,32?,33+,34+,38?/m1/s1. The van der Waals surface area contributed by atoms with Gasteiger partial charge in [-0.25, -0.2) is 0 Å². The Morgan fingerprint density at radius 1 is 0.778 bits per heavy atom. The number of benzene rings is 2. The van der Waals surface area contributed by atoms with E-state index in [0.717, 1.165) is 21.6 Å². The summed E-state index contributed by atoms with van der Waals surface area (Å²) in [4.78, 5) is 141. The monoisotopic (exact) mass is 1040 g/mol. The van der Waals surface area contributed by atoms with Gasteiger partial charge in [0.2, 0.25) is 59.1 Å². The van der Waals surface area contributed by atoms with E-state index in [-0.39, 0.29) is 74.8 Å². The summed E-state index contributed by atoms with van der Waals surface area (Å²) in [6, 6.07) is 5.53. The number of amides is 10. The Morgan fingerprint density at radius 3 is 2.04 bits per heavy atom. The number of guanidine groups is 1. The molecule has 2 saturated heterocycles. The highest BCUT2D eigenvalue weighted by molar-refractivity contribution is 8.76. The van der Waals surface area contributed by atoms with Gasteiger partial charge < -0.3 is 70.2 Å². The van der Waals surface area contributed by atoms with Gasteiger partial charge in [-0.3, -0.25) is 52.9 Å². The van der Waals surface area contributed by atoms with E-state index in [1.807, 2.05) is 0 Å². The second-order valence-corrected chi connectivity index (χ2v) is 20.1. The largest absolute Gasteiger partial charge is 0.508 e. The van der Waals surface area contributed by atoms with E-state index < -0.39 is 120 Å². The number of carbonyl (C=O) groups is 10. The molecule has 0 radical (unpaired) electrons. The van der Waals surface area contributed by atoms with Gasteiger partial charge in [-0.15, -0.1) is 0 Å². The summed E-state index contributed by atoms with van der Waals surface area (Å²) in [6.45, 7) is 2.91. The normalized spacial score (nSPS) is 22.2. The third kappa shape index (κ3) is 18.9. The second kappa shape index (κ2) is 28.7. The average Bonchev–Trinajstić information content (AvgIpc) is 3.83. The van der Waals surface area contributed by atoms with Crippen LogP contribution in [0, 0.1) is 5.92 Å². The molecule has 0 aromatic heterocycles. The fourth-order valence-corrected chi connectivity index (χ4v) is 9.88. The fourth-order valence-electron chi connectivity index (χ4n) is 7.73. The highest BCUT2D eigenvalue weighted by Crippen LogP contribution is 2.26. The van der Waals surface area contributed by atoms with Gasteiger partial charge in [0.15, 0.2) is 5.96 Å². The van der Waals surface area contributed by atoms with E-state index in [1.165, 1.54) is 17.0 Å². The zero-order valence-electron chi connectivity index (χ0n) is 40.1. The molecule has 24 nitrogen and oxygen atoms in total. The highest BCUT2D eigenvalue weighted by Gasteiger charge is 2.40. The first kappa shape index (κ1) is 57.5. The van der Waals surface area contributed by atoms with E-state index in [4.69, 9.17) is 22.9 Å². The molecule has 2 aromatic carbocycles. The molecule has 72 heavy (non-hydrogen) atoms. The van der Waals surface area contributed by atoms with Gasteiger partial charge in [-0.1, -0.05) is 77.9 Å². The number of hydrogen-bond donors (Lipinski definition) is 12. The molecule has 2 aromatic rings. The van der Waals surface area contributed by atoms with E-state index in [2.05, 4.69) is 42.2 Å². The van der Waals surface area contributed by atoms with Crippen LogP contribution in [0.25, 0.3) is 0 Å². The molecule has 7 atom stereocenters.